The van der Waals surface area contributed by atoms with Gasteiger partial charge < -0.3 is 9.47 Å². The number of ether oxygens (including phenoxy) is 2. The van der Waals surface area contributed by atoms with Crippen molar-refractivity contribution in [1.29, 1.82) is 0 Å². The third kappa shape index (κ3) is 4.32. The van der Waals surface area contributed by atoms with E-state index in [9.17, 15) is 17.2 Å². The van der Waals surface area contributed by atoms with E-state index in [1.807, 2.05) is 6.08 Å². The van der Waals surface area contributed by atoms with Gasteiger partial charge in [-0.05, 0) is 49.5 Å². The Bertz CT molecular complexity index is 1120. The first-order valence-electron chi connectivity index (χ1n) is 10.2. The molecule has 8 heteroatoms. The Morgan fingerprint density at radius 1 is 1.06 bits per heavy atom. The molecule has 1 saturated heterocycles. The molecule has 5 nitrogen and oxygen atoms in total. The lowest BCUT2D eigenvalue weighted by molar-refractivity contribution is 0.193. The maximum absolute atomic E-state index is 13.9. The number of halogens is 2. The van der Waals surface area contributed by atoms with E-state index in [0.29, 0.717) is 40.5 Å². The number of hydrogen-bond acceptors (Lipinski definition) is 5. The van der Waals surface area contributed by atoms with Gasteiger partial charge in [-0.3, -0.25) is 4.90 Å². The van der Waals surface area contributed by atoms with Crippen molar-refractivity contribution in [3.8, 4) is 11.5 Å². The monoisotopic (exact) mass is 449 g/mol. The second kappa shape index (κ2) is 8.59. The predicted molar refractivity (Wildman–Crippen MR) is 113 cm³/mol. The molecule has 0 radical (unpaired) electrons. The number of benzene rings is 2. The van der Waals surface area contributed by atoms with Crippen molar-refractivity contribution in [3.63, 3.8) is 0 Å². The molecule has 166 valence electrons. The Morgan fingerprint density at radius 2 is 1.74 bits per heavy atom. The van der Waals surface area contributed by atoms with Crippen LogP contribution < -0.4 is 9.47 Å². The summed E-state index contributed by atoms with van der Waals surface area (Å²) in [5, 5.41) is 0. The summed E-state index contributed by atoms with van der Waals surface area (Å²) in [7, 11) is -0.544. The van der Waals surface area contributed by atoms with Crippen LogP contribution in [-0.2, 0) is 22.8 Å². The number of hydrogen-bond donors (Lipinski definition) is 0. The standard InChI is InChI=1S/C23H25F2NO4S/c1-29-21-11-17-10-19(31(27,28)23(17)13-22(21)30-2)9-15-5-7-26(8-6-15)14-16-3-4-18(24)12-20(16)25/h3-4,9,11-13,15H,5-8,10,14H2,1-2H3. The molecule has 0 spiro atoms. The van der Waals surface area contributed by atoms with Gasteiger partial charge in [0.05, 0.1) is 19.1 Å². The van der Waals surface area contributed by atoms with Crippen LogP contribution in [0.15, 0.2) is 46.2 Å². The van der Waals surface area contributed by atoms with E-state index in [1.165, 1.54) is 32.4 Å². The van der Waals surface area contributed by atoms with E-state index in [1.54, 1.807) is 6.07 Å². The first kappa shape index (κ1) is 21.8. The van der Waals surface area contributed by atoms with Crippen LogP contribution in [0.1, 0.15) is 24.0 Å². The van der Waals surface area contributed by atoms with E-state index in [2.05, 4.69) is 4.90 Å². The van der Waals surface area contributed by atoms with Gasteiger partial charge in [0.15, 0.2) is 11.5 Å². The molecule has 0 bridgehead atoms. The van der Waals surface area contributed by atoms with Crippen molar-refractivity contribution in [3.05, 3.63) is 64.1 Å². The van der Waals surface area contributed by atoms with Crippen molar-refractivity contribution in [2.75, 3.05) is 27.3 Å². The molecule has 2 aromatic rings. The molecular formula is C23H25F2NO4S. The molecule has 2 aliphatic heterocycles. The van der Waals surface area contributed by atoms with Crippen molar-refractivity contribution in [2.24, 2.45) is 5.92 Å². The Kier molecular flexibility index (Phi) is 6.03. The van der Waals surface area contributed by atoms with Crippen LogP contribution in [0.25, 0.3) is 0 Å². The zero-order valence-electron chi connectivity index (χ0n) is 17.5. The predicted octanol–water partition coefficient (Wildman–Crippen LogP) is 4.11. The molecular weight excluding hydrogens is 424 g/mol. The summed E-state index contributed by atoms with van der Waals surface area (Å²) in [5.41, 5.74) is 1.18. The van der Waals surface area contributed by atoms with Crippen LogP contribution in [-0.4, -0.2) is 40.6 Å². The minimum absolute atomic E-state index is 0.136. The first-order chi connectivity index (χ1) is 14.8. The van der Waals surface area contributed by atoms with Gasteiger partial charge in [0.2, 0.25) is 9.84 Å². The van der Waals surface area contributed by atoms with E-state index in [4.69, 9.17) is 9.47 Å². The average molecular weight is 450 g/mol. The normalized spacial score (nSPS) is 20.1. The highest BCUT2D eigenvalue weighted by Crippen LogP contribution is 2.41. The third-order valence-corrected chi connectivity index (χ3v) is 7.96. The first-order valence-corrected chi connectivity index (χ1v) is 11.7. The SMILES string of the molecule is COc1cc2c(cc1OC)S(=O)(=O)C(=CC1CCN(Cc3ccc(F)cc3F)CC1)C2. The van der Waals surface area contributed by atoms with Gasteiger partial charge in [-0.25, -0.2) is 17.2 Å². The molecule has 0 aromatic heterocycles. The Hall–Kier alpha value is -2.45. The van der Waals surface area contributed by atoms with Gasteiger partial charge >= 0.3 is 0 Å². The van der Waals surface area contributed by atoms with Gasteiger partial charge in [-0.2, -0.15) is 0 Å². The number of methoxy groups -OCH3 is 2. The maximum atomic E-state index is 13.9. The summed E-state index contributed by atoms with van der Waals surface area (Å²) in [6, 6.07) is 6.90. The average Bonchev–Trinajstić information content (AvgIpc) is 2.99. The van der Waals surface area contributed by atoms with Crippen LogP contribution in [0, 0.1) is 17.6 Å². The number of nitrogens with zero attached hydrogens (tertiary/aromatic N) is 1. The topological polar surface area (TPSA) is 55.8 Å². The van der Waals surface area contributed by atoms with Crippen LogP contribution in [0.2, 0.25) is 0 Å². The molecule has 2 aliphatic rings. The number of allylic oxidation sites excluding steroid dienone is 2. The number of sulfone groups is 1. The summed E-state index contributed by atoms with van der Waals surface area (Å²) in [6.07, 6.45) is 3.79. The maximum Gasteiger partial charge on any atom is 0.203 e. The number of piperidine rings is 1. The molecule has 4 rings (SSSR count). The van der Waals surface area contributed by atoms with Crippen LogP contribution in [0.3, 0.4) is 0 Å². The highest BCUT2D eigenvalue weighted by Gasteiger charge is 2.34. The minimum Gasteiger partial charge on any atom is -0.493 e. The Balaban J connectivity index is 1.45. The lowest BCUT2D eigenvalue weighted by Crippen LogP contribution is -2.33. The fourth-order valence-corrected chi connectivity index (χ4v) is 6.03. The summed E-state index contributed by atoms with van der Waals surface area (Å²) in [4.78, 5) is 2.81. The molecule has 0 N–H and O–H groups in total. The van der Waals surface area contributed by atoms with Gasteiger partial charge in [0.25, 0.3) is 0 Å². The fraction of sp³-hybridized carbons (Fsp3) is 0.391. The van der Waals surface area contributed by atoms with E-state index >= 15 is 0 Å². The molecule has 2 heterocycles. The van der Waals surface area contributed by atoms with Crippen molar-refractivity contribution in [1.82, 2.24) is 4.90 Å². The van der Waals surface area contributed by atoms with Crippen molar-refractivity contribution in [2.45, 2.75) is 30.7 Å². The second-order valence-electron chi connectivity index (χ2n) is 7.98. The zero-order valence-corrected chi connectivity index (χ0v) is 18.3. The number of rotatable bonds is 5. The van der Waals surface area contributed by atoms with Crippen LogP contribution >= 0.6 is 0 Å². The highest BCUT2D eigenvalue weighted by atomic mass is 32.2. The summed E-state index contributed by atoms with van der Waals surface area (Å²) < 4.78 is 63.7. The molecule has 31 heavy (non-hydrogen) atoms. The Morgan fingerprint density at radius 3 is 2.39 bits per heavy atom. The molecule has 0 unspecified atom stereocenters. The van der Waals surface area contributed by atoms with Crippen LogP contribution in [0.5, 0.6) is 11.5 Å². The summed E-state index contributed by atoms with van der Waals surface area (Å²) in [6.45, 7) is 1.86. The third-order valence-electron chi connectivity index (χ3n) is 6.03. The molecule has 0 aliphatic carbocycles. The van der Waals surface area contributed by atoms with E-state index in [-0.39, 0.29) is 10.8 Å². The smallest absolute Gasteiger partial charge is 0.203 e. The lowest BCUT2D eigenvalue weighted by Gasteiger charge is -2.31. The molecule has 0 amide bonds. The molecule has 0 saturated carbocycles. The highest BCUT2D eigenvalue weighted by molar-refractivity contribution is 7.95. The largest absolute Gasteiger partial charge is 0.493 e. The summed E-state index contributed by atoms with van der Waals surface area (Å²) in [5.74, 6) is -0.0749. The molecule has 2 aromatic carbocycles. The van der Waals surface area contributed by atoms with Crippen LogP contribution in [0.4, 0.5) is 8.78 Å². The minimum atomic E-state index is -3.55. The van der Waals surface area contributed by atoms with Gasteiger partial charge in [-0.1, -0.05) is 12.1 Å². The van der Waals surface area contributed by atoms with Gasteiger partial charge in [0.1, 0.15) is 11.6 Å². The summed E-state index contributed by atoms with van der Waals surface area (Å²) >= 11 is 0. The van der Waals surface area contributed by atoms with E-state index < -0.39 is 21.5 Å². The van der Waals surface area contributed by atoms with Gasteiger partial charge in [0, 0.05) is 35.6 Å². The number of likely N-dealkylation sites (tertiary alicyclic amines) is 1. The molecule has 1 fully saturated rings. The van der Waals surface area contributed by atoms with E-state index in [0.717, 1.165) is 32.0 Å². The second-order valence-corrected chi connectivity index (χ2v) is 9.95. The lowest BCUT2D eigenvalue weighted by atomic mass is 9.95. The zero-order chi connectivity index (χ0) is 22.2. The van der Waals surface area contributed by atoms with Crippen molar-refractivity contribution >= 4 is 9.84 Å². The van der Waals surface area contributed by atoms with Crippen molar-refractivity contribution < 1.29 is 26.7 Å². The number of fused-ring (bicyclic) bond motifs is 1. The molecule has 0 atom stereocenters. The quantitative estimate of drug-likeness (QED) is 0.688. The fourth-order valence-electron chi connectivity index (χ4n) is 4.29. The van der Waals surface area contributed by atoms with Gasteiger partial charge in [-0.15, -0.1) is 0 Å². The Labute approximate surface area is 181 Å².